The summed E-state index contributed by atoms with van der Waals surface area (Å²) in [6.45, 7) is -0.178. The molecule has 2 aromatic rings. The SMILES string of the molecule is NC(=O)CN1c2ccccc2C(=O)NC1c1ccc(OC(F)(F)F)cc1. The smallest absolute Gasteiger partial charge is 0.406 e. The van der Waals surface area contributed by atoms with Crippen molar-refractivity contribution in [3.63, 3.8) is 0 Å². The third kappa shape index (κ3) is 3.71. The third-order valence-corrected chi connectivity index (χ3v) is 3.79. The molecule has 0 aliphatic carbocycles. The number of nitrogens with one attached hydrogen (secondary N) is 1. The van der Waals surface area contributed by atoms with Crippen LogP contribution in [0.5, 0.6) is 5.75 Å². The van der Waals surface area contributed by atoms with Crippen LogP contribution in [0.25, 0.3) is 0 Å². The molecule has 0 aromatic heterocycles. The molecular weight excluding hydrogens is 351 g/mol. The Morgan fingerprint density at radius 1 is 1.15 bits per heavy atom. The minimum atomic E-state index is -4.79. The maximum absolute atomic E-state index is 12.3. The molecule has 3 N–H and O–H groups in total. The lowest BCUT2D eigenvalue weighted by molar-refractivity contribution is -0.274. The van der Waals surface area contributed by atoms with Crippen LogP contribution in [0.2, 0.25) is 0 Å². The van der Waals surface area contributed by atoms with E-state index in [1.54, 1.807) is 29.2 Å². The van der Waals surface area contributed by atoms with Crippen molar-refractivity contribution in [2.24, 2.45) is 5.73 Å². The Balaban J connectivity index is 1.95. The highest BCUT2D eigenvalue weighted by molar-refractivity contribution is 6.02. The number of benzene rings is 2. The Morgan fingerprint density at radius 2 is 1.81 bits per heavy atom. The number of amides is 2. The van der Waals surface area contributed by atoms with Gasteiger partial charge < -0.3 is 20.7 Å². The Labute approximate surface area is 146 Å². The van der Waals surface area contributed by atoms with Crippen molar-refractivity contribution in [2.75, 3.05) is 11.4 Å². The maximum atomic E-state index is 12.3. The van der Waals surface area contributed by atoms with Crippen LogP contribution in [0.3, 0.4) is 0 Å². The molecule has 0 fully saturated rings. The number of primary amides is 1. The minimum Gasteiger partial charge on any atom is -0.406 e. The molecule has 0 saturated carbocycles. The van der Waals surface area contributed by atoms with Gasteiger partial charge in [-0.15, -0.1) is 13.2 Å². The van der Waals surface area contributed by atoms with Gasteiger partial charge in [-0.05, 0) is 29.8 Å². The molecule has 6 nitrogen and oxygen atoms in total. The maximum Gasteiger partial charge on any atom is 0.573 e. The average Bonchev–Trinajstić information content (AvgIpc) is 2.56. The van der Waals surface area contributed by atoms with E-state index in [9.17, 15) is 22.8 Å². The summed E-state index contributed by atoms with van der Waals surface area (Å²) in [6, 6.07) is 11.7. The Hall–Kier alpha value is -3.23. The fraction of sp³-hybridized carbons (Fsp3) is 0.176. The normalized spacial score (nSPS) is 16.7. The quantitative estimate of drug-likeness (QED) is 0.871. The van der Waals surface area contributed by atoms with E-state index in [0.717, 1.165) is 12.1 Å². The third-order valence-electron chi connectivity index (χ3n) is 3.79. The number of ether oxygens (including phenoxy) is 1. The van der Waals surface area contributed by atoms with Gasteiger partial charge >= 0.3 is 6.36 Å². The average molecular weight is 365 g/mol. The summed E-state index contributed by atoms with van der Waals surface area (Å²) in [5.41, 5.74) is 6.67. The second kappa shape index (κ2) is 6.58. The van der Waals surface area contributed by atoms with Crippen LogP contribution in [0.1, 0.15) is 22.1 Å². The highest BCUT2D eigenvalue weighted by Gasteiger charge is 2.33. The number of carbonyl (C=O) groups is 2. The molecular formula is C17H14F3N3O3. The highest BCUT2D eigenvalue weighted by atomic mass is 19.4. The summed E-state index contributed by atoms with van der Waals surface area (Å²) < 4.78 is 40.7. The summed E-state index contributed by atoms with van der Waals surface area (Å²) in [5.74, 6) is -1.36. The first-order chi connectivity index (χ1) is 12.2. The van der Waals surface area contributed by atoms with Gasteiger partial charge in [-0.2, -0.15) is 0 Å². The number of hydrogen-bond donors (Lipinski definition) is 2. The zero-order valence-electron chi connectivity index (χ0n) is 13.3. The molecule has 1 unspecified atom stereocenters. The predicted molar refractivity (Wildman–Crippen MR) is 86.3 cm³/mol. The number of carbonyl (C=O) groups excluding carboxylic acids is 2. The standard InChI is InChI=1S/C17H14F3N3O3/c18-17(19,20)26-11-7-5-10(6-8-11)15-22-16(25)12-3-1-2-4-13(12)23(15)9-14(21)24/h1-8,15H,9H2,(H2,21,24)(H,22,25). The van der Waals surface area contributed by atoms with Gasteiger partial charge in [-0.25, -0.2) is 0 Å². The summed E-state index contributed by atoms with van der Waals surface area (Å²) in [5, 5.41) is 2.73. The van der Waals surface area contributed by atoms with E-state index in [0.29, 0.717) is 16.8 Å². The van der Waals surface area contributed by atoms with Gasteiger partial charge in [0.25, 0.3) is 5.91 Å². The van der Waals surface area contributed by atoms with Crippen LogP contribution >= 0.6 is 0 Å². The summed E-state index contributed by atoms with van der Waals surface area (Å²) in [6.07, 6.45) is -5.55. The second-order valence-electron chi connectivity index (χ2n) is 5.60. The summed E-state index contributed by atoms with van der Waals surface area (Å²) in [4.78, 5) is 25.4. The highest BCUT2D eigenvalue weighted by Crippen LogP contribution is 2.33. The molecule has 2 aromatic carbocycles. The molecule has 1 aliphatic heterocycles. The topological polar surface area (TPSA) is 84.7 Å². The summed E-state index contributed by atoms with van der Waals surface area (Å²) in [7, 11) is 0. The van der Waals surface area contributed by atoms with Gasteiger partial charge in [-0.3, -0.25) is 9.59 Å². The van der Waals surface area contributed by atoms with E-state index in [1.807, 2.05) is 0 Å². The van der Waals surface area contributed by atoms with Gasteiger partial charge in [0.2, 0.25) is 5.91 Å². The lowest BCUT2D eigenvalue weighted by Gasteiger charge is -2.38. The predicted octanol–water partition coefficient (Wildman–Crippen LogP) is 2.32. The molecule has 136 valence electrons. The monoisotopic (exact) mass is 365 g/mol. The molecule has 1 heterocycles. The summed E-state index contributed by atoms with van der Waals surface area (Å²) >= 11 is 0. The van der Waals surface area contributed by atoms with Crippen LogP contribution in [-0.4, -0.2) is 24.7 Å². The zero-order chi connectivity index (χ0) is 18.9. The zero-order valence-corrected chi connectivity index (χ0v) is 13.3. The number of nitrogens with two attached hydrogens (primary N) is 1. The number of rotatable bonds is 4. The molecule has 0 bridgehead atoms. The first kappa shape index (κ1) is 17.6. The fourth-order valence-electron chi connectivity index (χ4n) is 2.79. The van der Waals surface area contributed by atoms with Gasteiger partial charge in [0.15, 0.2) is 0 Å². The van der Waals surface area contributed by atoms with Gasteiger partial charge in [0, 0.05) is 0 Å². The van der Waals surface area contributed by atoms with Crippen molar-refractivity contribution in [3.8, 4) is 5.75 Å². The Kier molecular flexibility index (Phi) is 4.45. The van der Waals surface area contributed by atoms with Crippen molar-refractivity contribution < 1.29 is 27.5 Å². The van der Waals surface area contributed by atoms with Gasteiger partial charge in [0.1, 0.15) is 11.9 Å². The number of fused-ring (bicyclic) bond motifs is 1. The van der Waals surface area contributed by atoms with Crippen molar-refractivity contribution >= 4 is 17.5 Å². The molecule has 0 saturated heterocycles. The number of para-hydroxylation sites is 1. The molecule has 9 heteroatoms. The van der Waals surface area contributed by atoms with E-state index in [2.05, 4.69) is 10.1 Å². The van der Waals surface area contributed by atoms with Crippen LogP contribution in [-0.2, 0) is 4.79 Å². The lowest BCUT2D eigenvalue weighted by Crippen LogP contribution is -2.49. The van der Waals surface area contributed by atoms with Crippen molar-refractivity contribution in [2.45, 2.75) is 12.5 Å². The van der Waals surface area contributed by atoms with E-state index in [1.165, 1.54) is 12.1 Å². The van der Waals surface area contributed by atoms with Crippen molar-refractivity contribution in [1.29, 1.82) is 0 Å². The molecule has 26 heavy (non-hydrogen) atoms. The van der Waals surface area contributed by atoms with Crippen molar-refractivity contribution in [1.82, 2.24) is 5.32 Å². The molecule has 1 atom stereocenters. The largest absolute Gasteiger partial charge is 0.573 e. The first-order valence-corrected chi connectivity index (χ1v) is 7.55. The molecule has 2 amide bonds. The molecule has 0 radical (unpaired) electrons. The van der Waals surface area contributed by atoms with E-state index in [4.69, 9.17) is 5.73 Å². The first-order valence-electron chi connectivity index (χ1n) is 7.55. The van der Waals surface area contributed by atoms with Gasteiger partial charge in [0.05, 0.1) is 17.8 Å². The van der Waals surface area contributed by atoms with E-state index in [-0.39, 0.29) is 18.2 Å². The van der Waals surface area contributed by atoms with Crippen LogP contribution in [0.4, 0.5) is 18.9 Å². The number of alkyl halides is 3. The number of nitrogens with zero attached hydrogens (tertiary/aromatic N) is 1. The number of halogens is 3. The van der Waals surface area contributed by atoms with E-state index < -0.39 is 18.4 Å². The Morgan fingerprint density at radius 3 is 2.42 bits per heavy atom. The number of anilines is 1. The van der Waals surface area contributed by atoms with Gasteiger partial charge in [-0.1, -0.05) is 24.3 Å². The minimum absolute atomic E-state index is 0.178. The Bertz CT molecular complexity index is 837. The fourth-order valence-corrected chi connectivity index (χ4v) is 2.79. The van der Waals surface area contributed by atoms with Crippen LogP contribution < -0.4 is 20.7 Å². The molecule has 3 rings (SSSR count). The van der Waals surface area contributed by atoms with E-state index >= 15 is 0 Å². The van der Waals surface area contributed by atoms with Crippen molar-refractivity contribution in [3.05, 3.63) is 59.7 Å². The lowest BCUT2D eigenvalue weighted by atomic mass is 10.0. The van der Waals surface area contributed by atoms with Crippen LogP contribution in [0, 0.1) is 0 Å². The molecule has 1 aliphatic rings. The van der Waals surface area contributed by atoms with Crippen LogP contribution in [0.15, 0.2) is 48.5 Å². The second-order valence-corrected chi connectivity index (χ2v) is 5.60. The number of hydrogen-bond acceptors (Lipinski definition) is 4. The molecule has 0 spiro atoms.